The molecule has 0 unspecified atom stereocenters. The fourth-order valence-corrected chi connectivity index (χ4v) is 4.13. The van der Waals surface area contributed by atoms with Gasteiger partial charge in [-0.3, -0.25) is 0 Å². The standard InChI is InChI=1S/C20H40/c1-3-5-7-8-9-13-17-20(16-12-6-4-2)18-14-10-11-15-19-20/h3-19H2,1-2H3. The van der Waals surface area contributed by atoms with Crippen LogP contribution >= 0.6 is 0 Å². The molecule has 20 heavy (non-hydrogen) atoms. The molecule has 0 radical (unpaired) electrons. The minimum atomic E-state index is 0.760. The summed E-state index contributed by atoms with van der Waals surface area (Å²) >= 11 is 0. The highest BCUT2D eigenvalue weighted by molar-refractivity contribution is 4.81. The Morgan fingerprint density at radius 2 is 1.00 bits per heavy atom. The first-order chi connectivity index (χ1) is 9.83. The predicted molar refractivity (Wildman–Crippen MR) is 92.3 cm³/mol. The molecule has 0 amide bonds. The molecule has 0 aromatic carbocycles. The summed E-state index contributed by atoms with van der Waals surface area (Å²) in [5, 5.41) is 0. The van der Waals surface area contributed by atoms with Gasteiger partial charge in [-0.05, 0) is 31.1 Å². The maximum Gasteiger partial charge on any atom is -0.0297 e. The molecule has 0 nitrogen and oxygen atoms in total. The molecule has 120 valence electrons. The predicted octanol–water partition coefficient (Wildman–Crippen LogP) is 7.66. The van der Waals surface area contributed by atoms with Crippen LogP contribution in [0.15, 0.2) is 0 Å². The molecule has 1 aliphatic carbocycles. The van der Waals surface area contributed by atoms with Crippen LogP contribution in [0, 0.1) is 5.41 Å². The van der Waals surface area contributed by atoms with Crippen molar-refractivity contribution in [1.82, 2.24) is 0 Å². The number of hydrogen-bond acceptors (Lipinski definition) is 0. The van der Waals surface area contributed by atoms with E-state index in [0.717, 1.165) is 5.41 Å². The topological polar surface area (TPSA) is 0 Å². The number of unbranched alkanes of at least 4 members (excludes halogenated alkanes) is 7. The fourth-order valence-electron chi connectivity index (χ4n) is 4.13. The zero-order valence-corrected chi connectivity index (χ0v) is 14.5. The van der Waals surface area contributed by atoms with Crippen molar-refractivity contribution in [2.75, 3.05) is 0 Å². The van der Waals surface area contributed by atoms with Crippen molar-refractivity contribution in [3.8, 4) is 0 Å². The Labute approximate surface area is 129 Å². The van der Waals surface area contributed by atoms with Gasteiger partial charge >= 0.3 is 0 Å². The Bertz CT molecular complexity index is 198. The second-order valence-corrected chi connectivity index (χ2v) is 7.39. The van der Waals surface area contributed by atoms with Crippen LogP contribution in [0.5, 0.6) is 0 Å². The molecule has 1 rings (SSSR count). The van der Waals surface area contributed by atoms with Crippen LogP contribution in [-0.2, 0) is 0 Å². The summed E-state index contributed by atoms with van der Waals surface area (Å²) in [6.07, 6.45) is 25.3. The number of hydrogen-bond donors (Lipinski definition) is 0. The van der Waals surface area contributed by atoms with Gasteiger partial charge in [0.25, 0.3) is 0 Å². The first kappa shape index (κ1) is 18.1. The summed E-state index contributed by atoms with van der Waals surface area (Å²) in [6.45, 7) is 4.65. The third-order valence-electron chi connectivity index (χ3n) is 5.54. The van der Waals surface area contributed by atoms with E-state index >= 15 is 0 Å². The van der Waals surface area contributed by atoms with Crippen molar-refractivity contribution in [2.45, 2.75) is 123 Å². The quantitative estimate of drug-likeness (QED) is 0.269. The summed E-state index contributed by atoms with van der Waals surface area (Å²) in [5.41, 5.74) is 0.760. The highest BCUT2D eigenvalue weighted by atomic mass is 14.3. The normalized spacial score (nSPS) is 18.9. The van der Waals surface area contributed by atoms with Crippen molar-refractivity contribution in [3.63, 3.8) is 0 Å². The van der Waals surface area contributed by atoms with Crippen LogP contribution in [0.3, 0.4) is 0 Å². The Morgan fingerprint density at radius 3 is 1.60 bits per heavy atom. The Kier molecular flexibility index (Phi) is 10.5. The van der Waals surface area contributed by atoms with E-state index < -0.39 is 0 Å². The molecule has 0 saturated heterocycles. The van der Waals surface area contributed by atoms with E-state index in [2.05, 4.69) is 13.8 Å². The molecule has 1 fully saturated rings. The molecule has 1 aliphatic rings. The first-order valence-corrected chi connectivity index (χ1v) is 9.83. The van der Waals surface area contributed by atoms with Crippen molar-refractivity contribution < 1.29 is 0 Å². The molecule has 0 aromatic rings. The van der Waals surface area contributed by atoms with Crippen LogP contribution in [0.2, 0.25) is 0 Å². The third kappa shape index (κ3) is 7.70. The van der Waals surface area contributed by atoms with E-state index in [9.17, 15) is 0 Å². The maximum atomic E-state index is 2.34. The minimum Gasteiger partial charge on any atom is -0.0654 e. The van der Waals surface area contributed by atoms with Crippen LogP contribution < -0.4 is 0 Å². The summed E-state index contributed by atoms with van der Waals surface area (Å²) in [6, 6.07) is 0. The molecular weight excluding hydrogens is 240 g/mol. The molecule has 0 spiro atoms. The second-order valence-electron chi connectivity index (χ2n) is 7.39. The average molecular weight is 281 g/mol. The van der Waals surface area contributed by atoms with Crippen molar-refractivity contribution in [3.05, 3.63) is 0 Å². The monoisotopic (exact) mass is 280 g/mol. The van der Waals surface area contributed by atoms with Gasteiger partial charge in [0, 0.05) is 0 Å². The SMILES string of the molecule is CCCCCCCCC1(CCCCC)CCCCCC1. The lowest BCUT2D eigenvalue weighted by molar-refractivity contribution is 0.188. The Morgan fingerprint density at radius 1 is 0.550 bits per heavy atom. The summed E-state index contributed by atoms with van der Waals surface area (Å²) < 4.78 is 0. The lowest BCUT2D eigenvalue weighted by Crippen LogP contribution is -2.20. The fraction of sp³-hybridized carbons (Fsp3) is 1.00. The molecular formula is C20H40. The van der Waals surface area contributed by atoms with Gasteiger partial charge in [-0.25, -0.2) is 0 Å². The van der Waals surface area contributed by atoms with Crippen LogP contribution in [0.25, 0.3) is 0 Å². The van der Waals surface area contributed by atoms with Crippen molar-refractivity contribution in [1.29, 1.82) is 0 Å². The zero-order chi connectivity index (χ0) is 14.5. The first-order valence-electron chi connectivity index (χ1n) is 9.83. The summed E-state index contributed by atoms with van der Waals surface area (Å²) in [4.78, 5) is 0. The van der Waals surface area contributed by atoms with Gasteiger partial charge in [-0.2, -0.15) is 0 Å². The molecule has 0 aliphatic heterocycles. The van der Waals surface area contributed by atoms with Gasteiger partial charge < -0.3 is 0 Å². The van der Waals surface area contributed by atoms with Gasteiger partial charge in [0.2, 0.25) is 0 Å². The van der Waals surface area contributed by atoms with E-state index in [-0.39, 0.29) is 0 Å². The van der Waals surface area contributed by atoms with Crippen molar-refractivity contribution in [2.24, 2.45) is 5.41 Å². The average Bonchev–Trinajstić information content (AvgIpc) is 2.69. The lowest BCUT2D eigenvalue weighted by atomic mass is 9.72. The molecule has 0 heterocycles. The number of rotatable bonds is 11. The van der Waals surface area contributed by atoms with Crippen LogP contribution in [-0.4, -0.2) is 0 Å². The Hall–Kier alpha value is 0. The van der Waals surface area contributed by atoms with E-state index in [1.165, 1.54) is 89.9 Å². The van der Waals surface area contributed by atoms with Gasteiger partial charge in [0.1, 0.15) is 0 Å². The smallest absolute Gasteiger partial charge is 0.0297 e. The highest BCUT2D eigenvalue weighted by Gasteiger charge is 2.29. The molecule has 0 atom stereocenters. The summed E-state index contributed by atoms with van der Waals surface area (Å²) in [7, 11) is 0. The van der Waals surface area contributed by atoms with Gasteiger partial charge in [0.15, 0.2) is 0 Å². The summed E-state index contributed by atoms with van der Waals surface area (Å²) in [5.74, 6) is 0. The van der Waals surface area contributed by atoms with E-state index in [1.54, 1.807) is 19.3 Å². The van der Waals surface area contributed by atoms with Crippen LogP contribution in [0.1, 0.15) is 123 Å². The molecule has 0 N–H and O–H groups in total. The molecule has 0 heteroatoms. The molecule has 0 bridgehead atoms. The van der Waals surface area contributed by atoms with Crippen molar-refractivity contribution >= 4 is 0 Å². The van der Waals surface area contributed by atoms with Gasteiger partial charge in [-0.15, -0.1) is 0 Å². The largest absolute Gasteiger partial charge is 0.0654 e. The zero-order valence-electron chi connectivity index (χ0n) is 14.5. The van der Waals surface area contributed by atoms with Crippen LogP contribution in [0.4, 0.5) is 0 Å². The molecule has 0 aromatic heterocycles. The molecule has 1 saturated carbocycles. The highest BCUT2D eigenvalue weighted by Crippen LogP contribution is 2.43. The maximum absolute atomic E-state index is 2.34. The van der Waals surface area contributed by atoms with Gasteiger partial charge in [-0.1, -0.05) is 97.3 Å². The van der Waals surface area contributed by atoms with E-state index in [1.807, 2.05) is 0 Å². The second kappa shape index (κ2) is 11.6. The van der Waals surface area contributed by atoms with Gasteiger partial charge in [0.05, 0.1) is 0 Å². The third-order valence-corrected chi connectivity index (χ3v) is 5.54. The Balaban J connectivity index is 2.29. The lowest BCUT2D eigenvalue weighted by Gasteiger charge is -2.33. The van der Waals surface area contributed by atoms with E-state index in [0.29, 0.717) is 0 Å². The minimum absolute atomic E-state index is 0.760. The van der Waals surface area contributed by atoms with E-state index in [4.69, 9.17) is 0 Å².